The first-order valence-electron chi connectivity index (χ1n) is 7.17. The summed E-state index contributed by atoms with van der Waals surface area (Å²) < 4.78 is 10.9. The molecule has 2 nitrogen and oxygen atoms in total. The third kappa shape index (κ3) is 4.15. The Bertz CT molecular complexity index is 396. The van der Waals surface area contributed by atoms with Crippen LogP contribution < -0.4 is 9.47 Å². The minimum Gasteiger partial charge on any atom is -0.497 e. The van der Waals surface area contributed by atoms with Crippen LogP contribution >= 0.6 is 0 Å². The molecule has 2 heteroatoms. The maximum atomic E-state index is 5.52. The lowest BCUT2D eigenvalue weighted by atomic mass is 9.76. The van der Waals surface area contributed by atoms with Crippen molar-refractivity contribution in [1.29, 1.82) is 0 Å². The normalized spacial score (nSPS) is 13.2. The second-order valence-electron chi connectivity index (χ2n) is 6.05. The summed E-state index contributed by atoms with van der Waals surface area (Å²) in [5.41, 5.74) is 1.33. The number of hydrogen-bond donors (Lipinski definition) is 0. The maximum absolute atomic E-state index is 5.52. The van der Waals surface area contributed by atoms with Gasteiger partial charge in [-0.3, -0.25) is 0 Å². The molecular weight excluding hydrogens is 236 g/mol. The van der Waals surface area contributed by atoms with Gasteiger partial charge in [0.05, 0.1) is 14.2 Å². The fraction of sp³-hybridized carbons (Fsp3) is 0.647. The summed E-state index contributed by atoms with van der Waals surface area (Å²) in [6.07, 6.45) is 3.67. The van der Waals surface area contributed by atoms with E-state index in [4.69, 9.17) is 9.47 Å². The Balaban J connectivity index is 3.03. The Hall–Kier alpha value is -1.18. The van der Waals surface area contributed by atoms with Gasteiger partial charge in [0, 0.05) is 5.56 Å². The Morgan fingerprint density at radius 1 is 1.16 bits per heavy atom. The molecule has 0 saturated carbocycles. The minimum atomic E-state index is 0.0917. The van der Waals surface area contributed by atoms with Crippen molar-refractivity contribution in [1.82, 2.24) is 0 Å². The Morgan fingerprint density at radius 3 is 2.37 bits per heavy atom. The Morgan fingerprint density at radius 2 is 1.84 bits per heavy atom. The summed E-state index contributed by atoms with van der Waals surface area (Å²) in [7, 11) is 3.44. The van der Waals surface area contributed by atoms with Gasteiger partial charge in [-0.15, -0.1) is 0 Å². The highest BCUT2D eigenvalue weighted by Gasteiger charge is 2.27. The van der Waals surface area contributed by atoms with E-state index in [9.17, 15) is 0 Å². The minimum absolute atomic E-state index is 0.0917. The van der Waals surface area contributed by atoms with E-state index in [0.717, 1.165) is 23.8 Å². The van der Waals surface area contributed by atoms with Crippen molar-refractivity contribution in [2.45, 2.75) is 52.4 Å². The molecule has 0 spiro atoms. The van der Waals surface area contributed by atoms with Crippen LogP contribution in [-0.4, -0.2) is 14.2 Å². The molecule has 1 atom stereocenters. The molecule has 1 unspecified atom stereocenters. The molecule has 0 amide bonds. The van der Waals surface area contributed by atoms with Crippen molar-refractivity contribution in [3.8, 4) is 11.5 Å². The molecule has 0 bridgehead atoms. The largest absolute Gasteiger partial charge is 0.497 e. The Kier molecular flexibility index (Phi) is 5.71. The fourth-order valence-electron chi connectivity index (χ4n) is 2.92. The summed E-state index contributed by atoms with van der Waals surface area (Å²) in [5, 5.41) is 0. The summed E-state index contributed by atoms with van der Waals surface area (Å²) in [5.74, 6) is 2.57. The standard InChI is InChI=1S/C17H28O2/c1-7-8-13(2)12-17(3,4)15-11-14(18-5)9-10-16(15)19-6/h9-11,13H,7-8,12H2,1-6H3. The van der Waals surface area contributed by atoms with E-state index in [1.807, 2.05) is 12.1 Å². The SMILES string of the molecule is CCCC(C)CC(C)(C)c1cc(OC)ccc1OC. The molecule has 0 aliphatic carbocycles. The van der Waals surface area contributed by atoms with Gasteiger partial charge in [-0.05, 0) is 36.0 Å². The molecule has 0 N–H and O–H groups in total. The number of methoxy groups -OCH3 is 2. The van der Waals surface area contributed by atoms with E-state index < -0.39 is 0 Å². The molecule has 0 aliphatic rings. The average Bonchev–Trinajstić information content (AvgIpc) is 2.37. The average molecular weight is 264 g/mol. The summed E-state index contributed by atoms with van der Waals surface area (Å²) >= 11 is 0. The second-order valence-corrected chi connectivity index (χ2v) is 6.05. The molecule has 0 saturated heterocycles. The van der Waals surface area contributed by atoms with Crippen LogP contribution in [0.4, 0.5) is 0 Å². The van der Waals surface area contributed by atoms with Crippen molar-refractivity contribution >= 4 is 0 Å². The van der Waals surface area contributed by atoms with E-state index >= 15 is 0 Å². The van der Waals surface area contributed by atoms with Gasteiger partial charge < -0.3 is 9.47 Å². The van der Waals surface area contributed by atoms with E-state index in [1.54, 1.807) is 14.2 Å². The van der Waals surface area contributed by atoms with Crippen LogP contribution in [0.5, 0.6) is 11.5 Å². The van der Waals surface area contributed by atoms with Gasteiger partial charge >= 0.3 is 0 Å². The van der Waals surface area contributed by atoms with Crippen molar-refractivity contribution < 1.29 is 9.47 Å². The first kappa shape index (κ1) is 15.9. The highest BCUT2D eigenvalue weighted by Crippen LogP contribution is 2.39. The number of ether oxygens (including phenoxy) is 2. The summed E-state index contributed by atoms with van der Waals surface area (Å²) in [6.45, 7) is 9.15. The quantitative estimate of drug-likeness (QED) is 0.703. The van der Waals surface area contributed by atoms with Crippen LogP contribution in [0, 0.1) is 5.92 Å². The van der Waals surface area contributed by atoms with Crippen molar-refractivity contribution in [3.63, 3.8) is 0 Å². The van der Waals surface area contributed by atoms with E-state index in [1.165, 1.54) is 18.4 Å². The first-order valence-corrected chi connectivity index (χ1v) is 7.17. The zero-order chi connectivity index (χ0) is 14.5. The summed E-state index contributed by atoms with van der Waals surface area (Å²) in [6, 6.07) is 6.06. The molecule has 0 aromatic heterocycles. The molecule has 1 aromatic carbocycles. The number of rotatable bonds is 7. The van der Waals surface area contributed by atoms with Gasteiger partial charge in [-0.2, -0.15) is 0 Å². The van der Waals surface area contributed by atoms with Crippen molar-refractivity contribution in [2.75, 3.05) is 14.2 Å². The van der Waals surface area contributed by atoms with Gasteiger partial charge in [0.2, 0.25) is 0 Å². The van der Waals surface area contributed by atoms with Crippen LogP contribution in [0.1, 0.15) is 52.5 Å². The molecule has 1 aromatic rings. The van der Waals surface area contributed by atoms with Crippen LogP contribution in [0.25, 0.3) is 0 Å². The smallest absolute Gasteiger partial charge is 0.122 e. The van der Waals surface area contributed by atoms with Gasteiger partial charge in [-0.25, -0.2) is 0 Å². The third-order valence-electron chi connectivity index (χ3n) is 3.78. The van der Waals surface area contributed by atoms with E-state index in [-0.39, 0.29) is 5.41 Å². The predicted octanol–water partition coefficient (Wildman–Crippen LogP) is 4.81. The van der Waals surface area contributed by atoms with Gasteiger partial charge in [0.1, 0.15) is 11.5 Å². The third-order valence-corrected chi connectivity index (χ3v) is 3.78. The molecule has 108 valence electrons. The molecule has 0 radical (unpaired) electrons. The Labute approximate surface area is 118 Å². The first-order chi connectivity index (χ1) is 8.94. The van der Waals surface area contributed by atoms with Crippen molar-refractivity contribution in [3.05, 3.63) is 23.8 Å². The van der Waals surface area contributed by atoms with Crippen LogP contribution in [0.3, 0.4) is 0 Å². The van der Waals surface area contributed by atoms with Crippen LogP contribution in [0.2, 0.25) is 0 Å². The fourth-order valence-corrected chi connectivity index (χ4v) is 2.92. The predicted molar refractivity (Wildman–Crippen MR) is 81.3 cm³/mol. The van der Waals surface area contributed by atoms with Crippen LogP contribution in [-0.2, 0) is 5.41 Å². The molecular formula is C17H28O2. The lowest BCUT2D eigenvalue weighted by molar-refractivity contribution is 0.337. The zero-order valence-electron chi connectivity index (χ0n) is 13.2. The highest BCUT2D eigenvalue weighted by molar-refractivity contribution is 5.44. The molecule has 1 rings (SSSR count). The molecule has 0 aliphatic heterocycles. The second kappa shape index (κ2) is 6.83. The molecule has 0 fully saturated rings. The number of hydrogen-bond acceptors (Lipinski definition) is 2. The van der Waals surface area contributed by atoms with E-state index in [0.29, 0.717) is 0 Å². The van der Waals surface area contributed by atoms with Crippen LogP contribution in [0.15, 0.2) is 18.2 Å². The van der Waals surface area contributed by atoms with Gasteiger partial charge in [0.25, 0.3) is 0 Å². The monoisotopic (exact) mass is 264 g/mol. The summed E-state index contributed by atoms with van der Waals surface area (Å²) in [4.78, 5) is 0. The van der Waals surface area contributed by atoms with E-state index in [2.05, 4.69) is 33.8 Å². The molecule has 19 heavy (non-hydrogen) atoms. The molecule has 0 heterocycles. The zero-order valence-corrected chi connectivity index (χ0v) is 13.2. The highest BCUT2D eigenvalue weighted by atomic mass is 16.5. The maximum Gasteiger partial charge on any atom is 0.122 e. The lowest BCUT2D eigenvalue weighted by Crippen LogP contribution is -2.21. The topological polar surface area (TPSA) is 18.5 Å². The van der Waals surface area contributed by atoms with Gasteiger partial charge in [0.15, 0.2) is 0 Å². The van der Waals surface area contributed by atoms with Gasteiger partial charge in [-0.1, -0.05) is 40.5 Å². The number of benzene rings is 1. The van der Waals surface area contributed by atoms with Crippen molar-refractivity contribution in [2.24, 2.45) is 5.92 Å². The lowest BCUT2D eigenvalue weighted by Gasteiger charge is -2.30.